The first kappa shape index (κ1) is 15.5. The van der Waals surface area contributed by atoms with Crippen LogP contribution in [0.3, 0.4) is 0 Å². The number of hydrogen-bond donors (Lipinski definition) is 2. The first-order valence-electron chi connectivity index (χ1n) is 7.43. The number of aromatic nitrogens is 3. The van der Waals surface area contributed by atoms with Crippen LogP contribution in [0.2, 0.25) is 5.02 Å². The summed E-state index contributed by atoms with van der Waals surface area (Å²) in [5.74, 6) is -0.446. The standard InChI is InChI=1S/C15H16ClN5O2/c16-11-7-3-2-6-10(11)13(22)18-15-17-12(19-20-15)14(23)21-8-4-1-5-9-21/h2-3,6-7H,1,4-5,8-9H2,(H2,17,18,19,20,22). The molecule has 120 valence electrons. The van der Waals surface area contributed by atoms with Crippen LogP contribution in [0, 0.1) is 0 Å². The van der Waals surface area contributed by atoms with Gasteiger partial charge in [-0.25, -0.2) is 0 Å². The molecule has 1 aromatic heterocycles. The number of aromatic amines is 1. The Morgan fingerprint density at radius 1 is 1.17 bits per heavy atom. The molecule has 0 radical (unpaired) electrons. The number of H-pyrrole nitrogens is 1. The molecule has 3 rings (SSSR count). The fourth-order valence-corrected chi connectivity index (χ4v) is 2.70. The molecule has 0 atom stereocenters. The van der Waals surface area contributed by atoms with E-state index in [0.29, 0.717) is 10.6 Å². The third kappa shape index (κ3) is 3.50. The van der Waals surface area contributed by atoms with Gasteiger partial charge in [0.25, 0.3) is 11.8 Å². The molecule has 23 heavy (non-hydrogen) atoms. The van der Waals surface area contributed by atoms with Crippen LogP contribution >= 0.6 is 11.6 Å². The van der Waals surface area contributed by atoms with Gasteiger partial charge in [-0.05, 0) is 31.4 Å². The largest absolute Gasteiger partial charge is 0.336 e. The summed E-state index contributed by atoms with van der Waals surface area (Å²) in [6.45, 7) is 1.45. The van der Waals surface area contributed by atoms with Crippen molar-refractivity contribution >= 4 is 29.4 Å². The zero-order valence-electron chi connectivity index (χ0n) is 12.4. The number of benzene rings is 1. The average molecular weight is 334 g/mol. The fraction of sp³-hybridized carbons (Fsp3) is 0.333. The van der Waals surface area contributed by atoms with E-state index < -0.39 is 5.91 Å². The number of likely N-dealkylation sites (tertiary alicyclic amines) is 1. The predicted octanol–water partition coefficient (Wildman–Crippen LogP) is 2.34. The number of hydrogen-bond acceptors (Lipinski definition) is 4. The highest BCUT2D eigenvalue weighted by atomic mass is 35.5. The first-order chi connectivity index (χ1) is 11.1. The van der Waals surface area contributed by atoms with Gasteiger partial charge in [0.15, 0.2) is 0 Å². The number of halogens is 1. The molecule has 0 spiro atoms. The van der Waals surface area contributed by atoms with Gasteiger partial charge in [0.1, 0.15) is 0 Å². The Hall–Kier alpha value is -2.41. The molecular formula is C15H16ClN5O2. The van der Waals surface area contributed by atoms with Crippen LogP contribution in [0.15, 0.2) is 24.3 Å². The quantitative estimate of drug-likeness (QED) is 0.902. The van der Waals surface area contributed by atoms with E-state index in [1.54, 1.807) is 29.2 Å². The number of nitrogens with zero attached hydrogens (tertiary/aromatic N) is 3. The van der Waals surface area contributed by atoms with E-state index in [1.807, 2.05) is 0 Å². The third-order valence-corrected chi connectivity index (χ3v) is 4.00. The molecule has 2 amide bonds. The second kappa shape index (κ2) is 6.78. The van der Waals surface area contributed by atoms with Gasteiger partial charge in [-0.1, -0.05) is 23.7 Å². The summed E-state index contributed by atoms with van der Waals surface area (Å²) >= 11 is 5.97. The molecule has 1 fully saturated rings. The van der Waals surface area contributed by atoms with Crippen LogP contribution in [-0.2, 0) is 0 Å². The van der Waals surface area contributed by atoms with E-state index in [-0.39, 0.29) is 17.7 Å². The maximum atomic E-state index is 12.3. The van der Waals surface area contributed by atoms with Gasteiger partial charge in [-0.2, -0.15) is 4.98 Å². The second-order valence-corrected chi connectivity index (χ2v) is 5.70. The minimum absolute atomic E-state index is 0.0512. The second-order valence-electron chi connectivity index (χ2n) is 5.29. The molecular weight excluding hydrogens is 318 g/mol. The maximum Gasteiger partial charge on any atom is 0.291 e. The summed E-state index contributed by atoms with van der Waals surface area (Å²) in [6, 6.07) is 6.68. The fourth-order valence-electron chi connectivity index (χ4n) is 2.47. The zero-order chi connectivity index (χ0) is 16.2. The van der Waals surface area contributed by atoms with Gasteiger partial charge in [0, 0.05) is 13.1 Å². The Morgan fingerprint density at radius 3 is 2.65 bits per heavy atom. The molecule has 0 aliphatic carbocycles. The lowest BCUT2D eigenvalue weighted by atomic mass is 10.1. The highest BCUT2D eigenvalue weighted by Crippen LogP contribution is 2.16. The minimum atomic E-state index is -0.424. The van der Waals surface area contributed by atoms with Gasteiger partial charge < -0.3 is 4.90 Å². The topological polar surface area (TPSA) is 91.0 Å². The maximum absolute atomic E-state index is 12.3. The van der Waals surface area contributed by atoms with Gasteiger partial charge in [0.05, 0.1) is 10.6 Å². The SMILES string of the molecule is O=C(Nc1n[nH]c(C(=O)N2CCCCC2)n1)c1ccccc1Cl. The summed E-state index contributed by atoms with van der Waals surface area (Å²) in [6.07, 6.45) is 3.13. The van der Waals surface area contributed by atoms with Crippen LogP contribution in [0.1, 0.15) is 40.2 Å². The Labute approximate surface area is 138 Å². The Kier molecular flexibility index (Phi) is 4.57. The molecule has 1 saturated heterocycles. The number of rotatable bonds is 3. The number of piperidine rings is 1. The van der Waals surface area contributed by atoms with Crippen molar-refractivity contribution in [1.29, 1.82) is 0 Å². The van der Waals surface area contributed by atoms with Crippen molar-refractivity contribution in [1.82, 2.24) is 20.1 Å². The number of amides is 2. The third-order valence-electron chi connectivity index (χ3n) is 3.68. The summed E-state index contributed by atoms with van der Waals surface area (Å²) < 4.78 is 0. The van der Waals surface area contributed by atoms with Crippen molar-refractivity contribution in [2.24, 2.45) is 0 Å². The number of carbonyl (C=O) groups excluding carboxylic acids is 2. The van der Waals surface area contributed by atoms with E-state index in [9.17, 15) is 9.59 Å². The highest BCUT2D eigenvalue weighted by molar-refractivity contribution is 6.34. The normalized spacial score (nSPS) is 14.6. The molecule has 0 saturated carbocycles. The van der Waals surface area contributed by atoms with Crippen molar-refractivity contribution in [2.45, 2.75) is 19.3 Å². The van der Waals surface area contributed by atoms with Crippen molar-refractivity contribution in [3.63, 3.8) is 0 Å². The molecule has 1 aliphatic heterocycles. The highest BCUT2D eigenvalue weighted by Gasteiger charge is 2.22. The van der Waals surface area contributed by atoms with Crippen LogP contribution in [0.25, 0.3) is 0 Å². The summed E-state index contributed by atoms with van der Waals surface area (Å²) in [5.41, 5.74) is 0.322. The Morgan fingerprint density at radius 2 is 1.91 bits per heavy atom. The molecule has 7 nitrogen and oxygen atoms in total. The van der Waals surface area contributed by atoms with Gasteiger partial charge in [-0.3, -0.25) is 20.0 Å². The lowest BCUT2D eigenvalue weighted by Gasteiger charge is -2.25. The summed E-state index contributed by atoms with van der Waals surface area (Å²) in [7, 11) is 0. The number of anilines is 1. The van der Waals surface area contributed by atoms with E-state index in [0.717, 1.165) is 32.4 Å². The lowest BCUT2D eigenvalue weighted by Crippen LogP contribution is -2.36. The molecule has 2 N–H and O–H groups in total. The number of nitrogens with one attached hydrogen (secondary N) is 2. The lowest BCUT2D eigenvalue weighted by molar-refractivity contribution is 0.0712. The van der Waals surface area contributed by atoms with Crippen molar-refractivity contribution in [3.05, 3.63) is 40.7 Å². The monoisotopic (exact) mass is 333 g/mol. The van der Waals surface area contributed by atoms with Crippen molar-refractivity contribution in [2.75, 3.05) is 18.4 Å². The van der Waals surface area contributed by atoms with Crippen LogP contribution in [-0.4, -0.2) is 45.0 Å². The van der Waals surface area contributed by atoms with Gasteiger partial charge in [0.2, 0.25) is 11.8 Å². The molecule has 0 bridgehead atoms. The Balaban J connectivity index is 1.68. The van der Waals surface area contributed by atoms with Crippen LogP contribution in [0.5, 0.6) is 0 Å². The minimum Gasteiger partial charge on any atom is -0.336 e. The van der Waals surface area contributed by atoms with E-state index in [4.69, 9.17) is 11.6 Å². The molecule has 2 aromatic rings. The van der Waals surface area contributed by atoms with Crippen LogP contribution < -0.4 is 5.32 Å². The molecule has 1 aromatic carbocycles. The van der Waals surface area contributed by atoms with E-state index in [2.05, 4.69) is 20.5 Å². The van der Waals surface area contributed by atoms with E-state index in [1.165, 1.54) is 0 Å². The molecule has 2 heterocycles. The van der Waals surface area contributed by atoms with Crippen molar-refractivity contribution in [3.8, 4) is 0 Å². The number of carbonyl (C=O) groups is 2. The summed E-state index contributed by atoms with van der Waals surface area (Å²) in [5, 5.41) is 9.31. The predicted molar refractivity (Wildman–Crippen MR) is 85.5 cm³/mol. The zero-order valence-corrected chi connectivity index (χ0v) is 13.1. The summed E-state index contributed by atoms with van der Waals surface area (Å²) in [4.78, 5) is 30.2. The average Bonchev–Trinajstić information content (AvgIpc) is 3.03. The first-order valence-corrected chi connectivity index (χ1v) is 7.80. The van der Waals surface area contributed by atoms with Gasteiger partial charge in [-0.15, -0.1) is 5.10 Å². The van der Waals surface area contributed by atoms with E-state index >= 15 is 0 Å². The van der Waals surface area contributed by atoms with Gasteiger partial charge >= 0.3 is 0 Å². The smallest absolute Gasteiger partial charge is 0.291 e. The molecule has 1 aliphatic rings. The van der Waals surface area contributed by atoms with Crippen LogP contribution in [0.4, 0.5) is 5.95 Å². The molecule has 0 unspecified atom stereocenters. The van der Waals surface area contributed by atoms with Crippen molar-refractivity contribution < 1.29 is 9.59 Å². The molecule has 8 heteroatoms. The Bertz CT molecular complexity index is 724.